The van der Waals surface area contributed by atoms with Gasteiger partial charge in [-0.3, -0.25) is 10.2 Å². The lowest BCUT2D eigenvalue weighted by molar-refractivity contribution is -0.120. The molecule has 0 radical (unpaired) electrons. The van der Waals surface area contributed by atoms with Crippen LogP contribution in [0.2, 0.25) is 0 Å². The first-order valence-corrected chi connectivity index (χ1v) is 6.93. The highest BCUT2D eigenvalue weighted by Crippen LogP contribution is 2.35. The second-order valence-electron chi connectivity index (χ2n) is 5.33. The minimum atomic E-state index is -0.176. The number of carbonyl (C=O) groups is 1. The van der Waals surface area contributed by atoms with Crippen LogP contribution in [0, 0.1) is 0 Å². The van der Waals surface area contributed by atoms with Crippen molar-refractivity contribution in [2.45, 2.75) is 6.42 Å². The van der Waals surface area contributed by atoms with Crippen LogP contribution in [0.1, 0.15) is 5.56 Å². The number of benzene rings is 4. The third-order valence-electron chi connectivity index (χ3n) is 4.13. The molecule has 4 aromatic rings. The second-order valence-corrected chi connectivity index (χ2v) is 5.33. The van der Waals surface area contributed by atoms with E-state index in [1.807, 2.05) is 6.07 Å². The molecule has 0 aromatic heterocycles. The Balaban J connectivity index is 2.13. The Hall–Kier alpha value is -2.65. The number of carbonyl (C=O) groups excluding carboxylic acids is 1. The largest absolute Gasteiger partial charge is 0.294 e. The summed E-state index contributed by atoms with van der Waals surface area (Å²) in [6.45, 7) is 0. The number of rotatable bonds is 2. The molecule has 0 atom stereocenters. The maximum Gasteiger partial charge on any atom is 0.238 e. The number of hydrogen-bond acceptors (Lipinski definition) is 2. The molecule has 0 aliphatic heterocycles. The molecule has 0 saturated carbocycles. The molecule has 4 aromatic carbocycles. The van der Waals surface area contributed by atoms with E-state index in [1.165, 1.54) is 26.9 Å². The van der Waals surface area contributed by atoms with Crippen LogP contribution in [-0.4, -0.2) is 5.91 Å². The third kappa shape index (κ3) is 1.75. The summed E-state index contributed by atoms with van der Waals surface area (Å²) in [5.41, 5.74) is 3.21. The molecule has 3 N–H and O–H groups in total. The first kappa shape index (κ1) is 12.1. The maximum absolute atomic E-state index is 11.6. The molecule has 1 amide bonds. The van der Waals surface area contributed by atoms with Gasteiger partial charge in [0.1, 0.15) is 0 Å². The van der Waals surface area contributed by atoms with Gasteiger partial charge in [-0.05, 0) is 37.9 Å². The van der Waals surface area contributed by atoms with Crippen LogP contribution in [-0.2, 0) is 11.2 Å². The highest BCUT2D eigenvalue weighted by Gasteiger charge is 2.12. The van der Waals surface area contributed by atoms with Gasteiger partial charge in [0.15, 0.2) is 0 Å². The van der Waals surface area contributed by atoms with Crippen LogP contribution in [0.15, 0.2) is 54.6 Å². The Labute approximate surface area is 121 Å². The van der Waals surface area contributed by atoms with Crippen molar-refractivity contribution < 1.29 is 4.79 Å². The average Bonchev–Trinajstić information content (AvgIpc) is 2.53. The summed E-state index contributed by atoms with van der Waals surface area (Å²) in [5, 5.41) is 7.28. The molecule has 102 valence electrons. The lowest BCUT2D eigenvalue weighted by Gasteiger charge is -2.13. The van der Waals surface area contributed by atoms with Gasteiger partial charge in [-0.2, -0.15) is 0 Å². The summed E-state index contributed by atoms with van der Waals surface area (Å²) in [6.07, 6.45) is 0.296. The number of hydrazine groups is 1. The predicted octanol–water partition coefficient (Wildman–Crippen LogP) is 3.12. The minimum Gasteiger partial charge on any atom is -0.294 e. The normalized spacial score (nSPS) is 11.5. The molecule has 0 bridgehead atoms. The van der Waals surface area contributed by atoms with Gasteiger partial charge >= 0.3 is 0 Å². The standard InChI is InChI=1S/C18H14N2O/c19-20-16(21)10-14-7-6-13-5-4-11-2-1-3-12-8-9-15(14)18(13)17(11)12/h1-9H,10,19H2,(H,20,21). The SMILES string of the molecule is NNC(=O)Cc1ccc2ccc3cccc4ccc1c2c34. The molecule has 0 saturated heterocycles. The van der Waals surface area contributed by atoms with E-state index in [2.05, 4.69) is 54.0 Å². The van der Waals surface area contributed by atoms with Gasteiger partial charge in [0.25, 0.3) is 0 Å². The Bertz CT molecular complexity index is 959. The summed E-state index contributed by atoms with van der Waals surface area (Å²) in [5.74, 6) is 5.03. The quantitative estimate of drug-likeness (QED) is 0.255. The first-order chi connectivity index (χ1) is 10.3. The van der Waals surface area contributed by atoms with E-state index in [4.69, 9.17) is 5.84 Å². The topological polar surface area (TPSA) is 55.1 Å². The fourth-order valence-corrected chi connectivity index (χ4v) is 3.17. The summed E-state index contributed by atoms with van der Waals surface area (Å²) < 4.78 is 0. The van der Waals surface area contributed by atoms with Gasteiger partial charge in [-0.15, -0.1) is 0 Å². The van der Waals surface area contributed by atoms with Crippen LogP contribution in [0.5, 0.6) is 0 Å². The van der Waals surface area contributed by atoms with E-state index in [1.54, 1.807) is 0 Å². The molecule has 0 heterocycles. The van der Waals surface area contributed by atoms with Crippen molar-refractivity contribution >= 4 is 38.2 Å². The molecule has 0 spiro atoms. The predicted molar refractivity (Wildman–Crippen MR) is 86.2 cm³/mol. The van der Waals surface area contributed by atoms with Gasteiger partial charge in [-0.25, -0.2) is 5.84 Å². The number of hydrogen-bond donors (Lipinski definition) is 2. The van der Waals surface area contributed by atoms with E-state index < -0.39 is 0 Å². The van der Waals surface area contributed by atoms with Gasteiger partial charge < -0.3 is 0 Å². The van der Waals surface area contributed by atoms with E-state index in [0.717, 1.165) is 10.9 Å². The molecule has 3 nitrogen and oxygen atoms in total. The lowest BCUT2D eigenvalue weighted by Crippen LogP contribution is -2.31. The van der Waals surface area contributed by atoms with E-state index >= 15 is 0 Å². The van der Waals surface area contributed by atoms with Crippen LogP contribution in [0.3, 0.4) is 0 Å². The molecule has 0 aliphatic rings. The van der Waals surface area contributed by atoms with Crippen LogP contribution >= 0.6 is 0 Å². The molecule has 3 heteroatoms. The number of amides is 1. The Morgan fingerprint density at radius 3 is 2.19 bits per heavy atom. The summed E-state index contributed by atoms with van der Waals surface area (Å²) >= 11 is 0. The van der Waals surface area contributed by atoms with E-state index in [-0.39, 0.29) is 5.91 Å². The second kappa shape index (κ2) is 4.43. The average molecular weight is 274 g/mol. The summed E-state index contributed by atoms with van der Waals surface area (Å²) in [6, 6.07) is 18.9. The van der Waals surface area contributed by atoms with Crippen molar-refractivity contribution in [1.82, 2.24) is 5.43 Å². The fraction of sp³-hybridized carbons (Fsp3) is 0.0556. The summed E-state index contributed by atoms with van der Waals surface area (Å²) in [4.78, 5) is 11.6. The smallest absolute Gasteiger partial charge is 0.238 e. The maximum atomic E-state index is 11.6. The van der Waals surface area contributed by atoms with Crippen LogP contribution in [0.25, 0.3) is 32.3 Å². The zero-order valence-electron chi connectivity index (χ0n) is 11.4. The Kier molecular flexibility index (Phi) is 2.56. The van der Waals surface area contributed by atoms with Crippen molar-refractivity contribution in [3.8, 4) is 0 Å². The van der Waals surface area contributed by atoms with Gasteiger partial charge in [0, 0.05) is 0 Å². The zero-order chi connectivity index (χ0) is 14.4. The van der Waals surface area contributed by atoms with E-state index in [9.17, 15) is 4.79 Å². The fourth-order valence-electron chi connectivity index (χ4n) is 3.17. The van der Waals surface area contributed by atoms with Crippen molar-refractivity contribution in [3.05, 3.63) is 60.2 Å². The van der Waals surface area contributed by atoms with Crippen LogP contribution < -0.4 is 11.3 Å². The monoisotopic (exact) mass is 274 g/mol. The molecule has 21 heavy (non-hydrogen) atoms. The Morgan fingerprint density at radius 2 is 1.48 bits per heavy atom. The van der Waals surface area contributed by atoms with Crippen molar-refractivity contribution in [3.63, 3.8) is 0 Å². The Morgan fingerprint density at radius 1 is 0.857 bits per heavy atom. The van der Waals surface area contributed by atoms with Gasteiger partial charge in [0.05, 0.1) is 6.42 Å². The number of nitrogens with two attached hydrogens (primary N) is 1. The highest BCUT2D eigenvalue weighted by atomic mass is 16.2. The molecule has 0 fully saturated rings. The summed E-state index contributed by atoms with van der Waals surface area (Å²) in [7, 11) is 0. The van der Waals surface area contributed by atoms with Crippen molar-refractivity contribution in [2.24, 2.45) is 5.84 Å². The van der Waals surface area contributed by atoms with Gasteiger partial charge in [0.2, 0.25) is 5.91 Å². The van der Waals surface area contributed by atoms with Crippen molar-refractivity contribution in [2.75, 3.05) is 0 Å². The molecule has 0 unspecified atom stereocenters. The zero-order valence-corrected chi connectivity index (χ0v) is 11.4. The van der Waals surface area contributed by atoms with E-state index in [0.29, 0.717) is 6.42 Å². The lowest BCUT2D eigenvalue weighted by atomic mass is 9.91. The minimum absolute atomic E-state index is 0.176. The van der Waals surface area contributed by atoms with Crippen molar-refractivity contribution in [1.29, 1.82) is 0 Å². The van der Waals surface area contributed by atoms with Crippen LogP contribution in [0.4, 0.5) is 0 Å². The number of nitrogens with one attached hydrogen (secondary N) is 1. The van der Waals surface area contributed by atoms with Gasteiger partial charge in [-0.1, -0.05) is 54.6 Å². The third-order valence-corrected chi connectivity index (χ3v) is 4.13. The first-order valence-electron chi connectivity index (χ1n) is 6.93. The molecule has 0 aliphatic carbocycles. The molecule has 4 rings (SSSR count). The highest BCUT2D eigenvalue weighted by molar-refractivity contribution is 6.23. The molecular formula is C18H14N2O. The molecular weight excluding hydrogens is 260 g/mol.